The molecular formula is C14H21N3OS. The van der Waals surface area contributed by atoms with Gasteiger partial charge in [0.25, 0.3) is 0 Å². The Balaban J connectivity index is 1.84. The zero-order chi connectivity index (χ0) is 13.7. The van der Waals surface area contributed by atoms with Crippen molar-refractivity contribution in [2.45, 2.75) is 37.1 Å². The molecule has 4 N–H and O–H groups in total. The molecular weight excluding hydrogens is 258 g/mol. The number of amidine groups is 1. The summed E-state index contributed by atoms with van der Waals surface area (Å²) in [6.07, 6.45) is 6.05. The highest BCUT2D eigenvalue weighted by Crippen LogP contribution is 2.28. The normalized spacial score (nSPS) is 23.7. The van der Waals surface area contributed by atoms with Gasteiger partial charge in [0.1, 0.15) is 0 Å². The molecule has 19 heavy (non-hydrogen) atoms. The second-order valence-electron chi connectivity index (χ2n) is 4.93. The maximum absolute atomic E-state index is 8.60. The van der Waals surface area contributed by atoms with Crippen molar-refractivity contribution in [3.8, 4) is 0 Å². The minimum Gasteiger partial charge on any atom is -0.409 e. The van der Waals surface area contributed by atoms with Crippen molar-refractivity contribution in [1.82, 2.24) is 5.32 Å². The van der Waals surface area contributed by atoms with E-state index in [2.05, 4.69) is 16.7 Å². The van der Waals surface area contributed by atoms with E-state index < -0.39 is 0 Å². The molecule has 1 aromatic carbocycles. The molecule has 0 radical (unpaired) electrons. The summed E-state index contributed by atoms with van der Waals surface area (Å²) in [5, 5.41) is 16.0. The summed E-state index contributed by atoms with van der Waals surface area (Å²) in [5.74, 6) is 0.151. The second kappa shape index (κ2) is 6.82. The Morgan fingerprint density at radius 3 is 2.74 bits per heavy atom. The van der Waals surface area contributed by atoms with E-state index in [0.717, 1.165) is 17.4 Å². The Bertz CT molecular complexity index is 433. The number of nitrogens with zero attached hydrogens (tertiary/aromatic N) is 1. The summed E-state index contributed by atoms with van der Waals surface area (Å²) in [6, 6.07) is 8.43. The Hall–Kier alpha value is -1.20. The Morgan fingerprint density at radius 1 is 1.42 bits per heavy atom. The van der Waals surface area contributed by atoms with Gasteiger partial charge in [0, 0.05) is 23.4 Å². The summed E-state index contributed by atoms with van der Waals surface area (Å²) in [5.41, 5.74) is 7.50. The van der Waals surface area contributed by atoms with Gasteiger partial charge in [0.2, 0.25) is 0 Å². The van der Waals surface area contributed by atoms with E-state index in [1.165, 1.54) is 24.8 Å². The lowest BCUT2D eigenvalue weighted by molar-refractivity contribution is 0.318. The minimum absolute atomic E-state index is 0.151. The number of thioether (sulfide) groups is 1. The number of hydrogen-bond acceptors (Lipinski definition) is 4. The number of nitrogens with one attached hydrogen (secondary N) is 1. The fraction of sp³-hybridized carbons (Fsp3) is 0.500. The number of benzene rings is 1. The topological polar surface area (TPSA) is 70.6 Å². The molecule has 0 spiro atoms. The zero-order valence-corrected chi connectivity index (χ0v) is 12.0. The third-order valence-electron chi connectivity index (χ3n) is 3.67. The van der Waals surface area contributed by atoms with Gasteiger partial charge >= 0.3 is 0 Å². The molecule has 0 aromatic heterocycles. The van der Waals surface area contributed by atoms with Gasteiger partial charge in [-0.25, -0.2) is 0 Å². The van der Waals surface area contributed by atoms with Crippen LogP contribution in [-0.4, -0.2) is 28.6 Å². The highest BCUT2D eigenvalue weighted by Gasteiger charge is 2.23. The molecule has 2 atom stereocenters. The molecule has 0 heterocycles. The van der Waals surface area contributed by atoms with E-state index in [1.54, 1.807) is 0 Å². The minimum atomic E-state index is 0.151. The Kier molecular flexibility index (Phi) is 5.10. The fourth-order valence-electron chi connectivity index (χ4n) is 2.45. The van der Waals surface area contributed by atoms with Gasteiger partial charge in [-0.1, -0.05) is 29.4 Å². The molecule has 1 aliphatic carbocycles. The third-order valence-corrected chi connectivity index (χ3v) is 4.76. The van der Waals surface area contributed by atoms with Crippen LogP contribution in [0.15, 0.2) is 29.4 Å². The third kappa shape index (κ3) is 3.88. The lowest BCUT2D eigenvalue weighted by Crippen LogP contribution is -2.26. The monoisotopic (exact) mass is 279 g/mol. The molecule has 104 valence electrons. The summed E-state index contributed by atoms with van der Waals surface area (Å²) < 4.78 is 0. The predicted octanol–water partition coefficient (Wildman–Crippen LogP) is 2.15. The van der Waals surface area contributed by atoms with Crippen LogP contribution in [0.1, 0.15) is 30.4 Å². The maximum atomic E-state index is 8.60. The van der Waals surface area contributed by atoms with Gasteiger partial charge < -0.3 is 16.3 Å². The number of hydrogen-bond donors (Lipinski definition) is 3. The van der Waals surface area contributed by atoms with Crippen molar-refractivity contribution < 1.29 is 5.21 Å². The van der Waals surface area contributed by atoms with Crippen molar-refractivity contribution in [1.29, 1.82) is 0 Å². The highest BCUT2D eigenvalue weighted by molar-refractivity contribution is 7.99. The average molecular weight is 279 g/mol. The quantitative estimate of drug-likeness (QED) is 0.334. The van der Waals surface area contributed by atoms with Crippen LogP contribution in [0, 0.1) is 0 Å². The molecule has 0 aliphatic heterocycles. The van der Waals surface area contributed by atoms with E-state index in [-0.39, 0.29) is 5.84 Å². The van der Waals surface area contributed by atoms with Crippen molar-refractivity contribution >= 4 is 17.6 Å². The summed E-state index contributed by atoms with van der Waals surface area (Å²) >= 11 is 1.97. The van der Waals surface area contributed by atoms with Crippen LogP contribution in [0.3, 0.4) is 0 Å². The first-order valence-electron chi connectivity index (χ1n) is 6.56. The summed E-state index contributed by atoms with van der Waals surface area (Å²) in [4.78, 5) is 0. The molecule has 0 amide bonds. The van der Waals surface area contributed by atoms with Crippen LogP contribution in [0.25, 0.3) is 0 Å². The van der Waals surface area contributed by atoms with Gasteiger partial charge in [-0.2, -0.15) is 11.8 Å². The van der Waals surface area contributed by atoms with Crippen molar-refractivity contribution in [3.05, 3.63) is 35.4 Å². The SMILES string of the molecule is CSC1CCC(NCc2ccc(/C(N)=N/O)cc2)C1. The lowest BCUT2D eigenvalue weighted by Gasteiger charge is -2.13. The van der Waals surface area contributed by atoms with Crippen LogP contribution in [-0.2, 0) is 6.54 Å². The summed E-state index contributed by atoms with van der Waals surface area (Å²) in [6.45, 7) is 0.877. The van der Waals surface area contributed by atoms with E-state index in [9.17, 15) is 0 Å². The van der Waals surface area contributed by atoms with Gasteiger partial charge in [-0.15, -0.1) is 0 Å². The molecule has 1 aliphatic rings. The van der Waals surface area contributed by atoms with Crippen LogP contribution < -0.4 is 11.1 Å². The van der Waals surface area contributed by atoms with Crippen LogP contribution >= 0.6 is 11.8 Å². The molecule has 2 unspecified atom stereocenters. The summed E-state index contributed by atoms with van der Waals surface area (Å²) in [7, 11) is 0. The van der Waals surface area contributed by atoms with E-state index >= 15 is 0 Å². The first kappa shape index (κ1) is 14.2. The van der Waals surface area contributed by atoms with Gasteiger partial charge in [0.15, 0.2) is 5.84 Å². The Labute approximate surface area is 118 Å². The number of nitrogens with two attached hydrogens (primary N) is 1. The average Bonchev–Trinajstić information content (AvgIpc) is 2.93. The van der Waals surface area contributed by atoms with Gasteiger partial charge in [-0.3, -0.25) is 0 Å². The van der Waals surface area contributed by atoms with Crippen LogP contribution in [0.5, 0.6) is 0 Å². The first-order chi connectivity index (χ1) is 9.22. The van der Waals surface area contributed by atoms with Crippen molar-refractivity contribution in [2.75, 3.05) is 6.26 Å². The molecule has 1 aromatic rings. The molecule has 2 rings (SSSR count). The lowest BCUT2D eigenvalue weighted by atomic mass is 10.1. The zero-order valence-electron chi connectivity index (χ0n) is 11.2. The standard InChI is InChI=1S/C14H21N3OS/c1-19-13-7-6-12(8-13)16-9-10-2-4-11(5-3-10)14(15)17-18/h2-5,12-13,16,18H,6-9H2,1H3,(H2,15,17). The fourth-order valence-corrected chi connectivity index (χ4v) is 3.25. The molecule has 1 fully saturated rings. The molecule has 5 heteroatoms. The maximum Gasteiger partial charge on any atom is 0.170 e. The van der Waals surface area contributed by atoms with Crippen molar-refractivity contribution in [3.63, 3.8) is 0 Å². The molecule has 0 bridgehead atoms. The first-order valence-corrected chi connectivity index (χ1v) is 7.84. The largest absolute Gasteiger partial charge is 0.409 e. The molecule has 0 saturated heterocycles. The number of rotatable bonds is 5. The van der Waals surface area contributed by atoms with Gasteiger partial charge in [0.05, 0.1) is 0 Å². The van der Waals surface area contributed by atoms with Crippen molar-refractivity contribution in [2.24, 2.45) is 10.9 Å². The van der Waals surface area contributed by atoms with E-state index in [4.69, 9.17) is 10.9 Å². The Morgan fingerprint density at radius 2 is 2.16 bits per heavy atom. The van der Waals surface area contributed by atoms with E-state index in [0.29, 0.717) is 6.04 Å². The second-order valence-corrected chi connectivity index (χ2v) is 6.07. The van der Waals surface area contributed by atoms with Crippen LogP contribution in [0.2, 0.25) is 0 Å². The van der Waals surface area contributed by atoms with Gasteiger partial charge in [-0.05, 0) is 31.1 Å². The molecule has 1 saturated carbocycles. The smallest absolute Gasteiger partial charge is 0.170 e. The predicted molar refractivity (Wildman–Crippen MR) is 80.7 cm³/mol. The van der Waals surface area contributed by atoms with Crippen LogP contribution in [0.4, 0.5) is 0 Å². The molecule has 4 nitrogen and oxygen atoms in total. The van der Waals surface area contributed by atoms with E-state index in [1.807, 2.05) is 36.0 Å². The number of oxime groups is 1. The highest BCUT2D eigenvalue weighted by atomic mass is 32.2.